The summed E-state index contributed by atoms with van der Waals surface area (Å²) in [7, 11) is 0. The molecule has 0 unspecified atom stereocenters. The van der Waals surface area contributed by atoms with Crippen LogP contribution in [0.15, 0.2) is 48.5 Å². The largest absolute Gasteiger partial charge is 0.380 e. The van der Waals surface area contributed by atoms with Crippen LogP contribution in [0, 0.1) is 5.82 Å². The molecule has 0 saturated carbocycles. The summed E-state index contributed by atoms with van der Waals surface area (Å²) in [5.74, 6) is 0.581. The minimum Gasteiger partial charge on any atom is -0.380 e. The highest BCUT2D eigenvalue weighted by Gasteiger charge is 2.10. The fourth-order valence-electron chi connectivity index (χ4n) is 3.36. The van der Waals surface area contributed by atoms with Gasteiger partial charge in [0, 0.05) is 31.7 Å². The van der Waals surface area contributed by atoms with E-state index in [4.69, 9.17) is 9.72 Å². The summed E-state index contributed by atoms with van der Waals surface area (Å²) in [5.41, 5.74) is 2.65. The number of halogens is 1. The molecular weight excluding hydrogens is 369 g/mol. The molecule has 3 aromatic rings. The number of aromatic nitrogens is 2. The molecule has 6 heteroatoms. The van der Waals surface area contributed by atoms with Gasteiger partial charge < -0.3 is 14.6 Å². The first-order chi connectivity index (χ1) is 14.2. The van der Waals surface area contributed by atoms with Crippen LogP contribution in [0.5, 0.6) is 0 Å². The van der Waals surface area contributed by atoms with E-state index >= 15 is 0 Å². The van der Waals surface area contributed by atoms with E-state index in [1.165, 1.54) is 24.3 Å². The molecule has 154 valence electrons. The predicted octanol–water partition coefficient (Wildman–Crippen LogP) is 4.35. The number of amides is 1. The van der Waals surface area contributed by atoms with Gasteiger partial charge in [0.15, 0.2) is 0 Å². The third-order valence-corrected chi connectivity index (χ3v) is 4.87. The van der Waals surface area contributed by atoms with Crippen molar-refractivity contribution in [3.8, 4) is 0 Å². The van der Waals surface area contributed by atoms with E-state index < -0.39 is 0 Å². The molecule has 0 atom stereocenters. The molecule has 29 heavy (non-hydrogen) atoms. The summed E-state index contributed by atoms with van der Waals surface area (Å²) in [6.45, 7) is 4.81. The number of carbonyl (C=O) groups is 1. The van der Waals surface area contributed by atoms with E-state index in [1.54, 1.807) is 0 Å². The third-order valence-electron chi connectivity index (χ3n) is 4.87. The number of fused-ring (bicyclic) bond motifs is 1. The summed E-state index contributed by atoms with van der Waals surface area (Å²) < 4.78 is 20.7. The molecule has 0 fully saturated rings. The fourth-order valence-corrected chi connectivity index (χ4v) is 3.36. The number of rotatable bonds is 11. The van der Waals surface area contributed by atoms with Crippen LogP contribution in [0.3, 0.4) is 0 Å². The number of aryl methyl sites for hydroxylation is 1. The summed E-state index contributed by atoms with van der Waals surface area (Å²) in [4.78, 5) is 16.8. The number of nitrogens with zero attached hydrogens (tertiary/aromatic N) is 2. The highest BCUT2D eigenvalue weighted by Crippen LogP contribution is 2.18. The molecule has 0 aliphatic heterocycles. The van der Waals surface area contributed by atoms with Crippen LogP contribution in [-0.2, 0) is 17.7 Å². The lowest BCUT2D eigenvalue weighted by Gasteiger charge is -2.09. The lowest BCUT2D eigenvalue weighted by Crippen LogP contribution is -2.24. The van der Waals surface area contributed by atoms with Gasteiger partial charge in [-0.2, -0.15) is 0 Å². The van der Waals surface area contributed by atoms with Crippen molar-refractivity contribution in [3.63, 3.8) is 0 Å². The molecule has 0 aliphatic carbocycles. The summed E-state index contributed by atoms with van der Waals surface area (Å²) in [6.07, 6.45) is 3.79. The monoisotopic (exact) mass is 397 g/mol. The number of hydrogen-bond acceptors (Lipinski definition) is 3. The van der Waals surface area contributed by atoms with Gasteiger partial charge in [0.05, 0.1) is 17.6 Å². The van der Waals surface area contributed by atoms with Gasteiger partial charge in [-0.1, -0.05) is 18.6 Å². The van der Waals surface area contributed by atoms with E-state index in [0.717, 1.165) is 49.1 Å². The maximum atomic E-state index is 12.9. The van der Waals surface area contributed by atoms with E-state index in [2.05, 4.69) is 16.0 Å². The zero-order valence-electron chi connectivity index (χ0n) is 16.9. The third kappa shape index (κ3) is 5.87. The van der Waals surface area contributed by atoms with Crippen molar-refractivity contribution in [2.75, 3.05) is 19.8 Å². The summed E-state index contributed by atoms with van der Waals surface area (Å²) >= 11 is 0. The molecule has 1 aromatic heterocycles. The van der Waals surface area contributed by atoms with Gasteiger partial charge >= 0.3 is 0 Å². The Morgan fingerprint density at radius 3 is 2.69 bits per heavy atom. The maximum absolute atomic E-state index is 12.9. The highest BCUT2D eigenvalue weighted by molar-refractivity contribution is 5.94. The number of unbranched alkanes of at least 4 members (excludes halogenated alkanes) is 2. The van der Waals surface area contributed by atoms with Crippen molar-refractivity contribution in [2.24, 2.45) is 0 Å². The van der Waals surface area contributed by atoms with Crippen LogP contribution >= 0.6 is 0 Å². The molecule has 3 rings (SSSR count). The van der Waals surface area contributed by atoms with Gasteiger partial charge in [0.2, 0.25) is 0 Å². The van der Waals surface area contributed by atoms with Crippen molar-refractivity contribution in [3.05, 3.63) is 65.7 Å². The molecule has 1 N–H and O–H groups in total. The number of imidazole rings is 1. The first-order valence-corrected chi connectivity index (χ1v) is 10.2. The van der Waals surface area contributed by atoms with Gasteiger partial charge in [-0.25, -0.2) is 9.37 Å². The van der Waals surface area contributed by atoms with Crippen molar-refractivity contribution >= 4 is 16.9 Å². The van der Waals surface area contributed by atoms with Crippen LogP contribution in [0.25, 0.3) is 11.0 Å². The van der Waals surface area contributed by atoms with Gasteiger partial charge in [0.1, 0.15) is 11.6 Å². The van der Waals surface area contributed by atoms with Gasteiger partial charge in [-0.3, -0.25) is 4.79 Å². The minimum absolute atomic E-state index is 0.164. The Balaban J connectivity index is 1.45. The zero-order valence-corrected chi connectivity index (χ0v) is 16.9. The molecule has 0 saturated heterocycles. The standard InChI is InChI=1S/C23H28FN3O2/c1-2-29-17-16-27-21-9-6-5-8-20(21)26-22(27)10-4-3-7-15-25-23(28)18-11-13-19(24)14-12-18/h5-6,8-9,11-14H,2-4,7,10,15-17H2,1H3,(H,25,28). The van der Waals surface area contributed by atoms with Crippen LogP contribution in [0.2, 0.25) is 0 Å². The van der Waals surface area contributed by atoms with Crippen molar-refractivity contribution in [1.82, 2.24) is 14.9 Å². The molecular formula is C23H28FN3O2. The number of ether oxygens (including phenoxy) is 1. The second kappa shape index (κ2) is 10.7. The minimum atomic E-state index is -0.339. The molecule has 0 spiro atoms. The van der Waals surface area contributed by atoms with E-state index in [0.29, 0.717) is 25.3 Å². The Hall–Kier alpha value is -2.73. The quantitative estimate of drug-likeness (QED) is 0.489. The molecule has 0 radical (unpaired) electrons. The summed E-state index contributed by atoms with van der Waals surface area (Å²) in [6, 6.07) is 13.8. The van der Waals surface area contributed by atoms with Gasteiger partial charge in [-0.05, 0) is 56.2 Å². The molecule has 0 aliphatic rings. The number of nitrogens with one attached hydrogen (secondary N) is 1. The highest BCUT2D eigenvalue weighted by atomic mass is 19.1. The molecule has 2 aromatic carbocycles. The lowest BCUT2D eigenvalue weighted by atomic mass is 10.1. The average molecular weight is 397 g/mol. The SMILES string of the molecule is CCOCCn1c(CCCCCNC(=O)c2ccc(F)cc2)nc2ccccc21. The molecule has 1 amide bonds. The maximum Gasteiger partial charge on any atom is 0.251 e. The Morgan fingerprint density at radius 1 is 1.10 bits per heavy atom. The Bertz CT molecular complexity index is 922. The van der Waals surface area contributed by atoms with Gasteiger partial charge in [-0.15, -0.1) is 0 Å². The van der Waals surface area contributed by atoms with Crippen LogP contribution < -0.4 is 5.32 Å². The van der Waals surface area contributed by atoms with E-state index in [9.17, 15) is 9.18 Å². The molecule has 1 heterocycles. The van der Waals surface area contributed by atoms with Crippen LogP contribution in [-0.4, -0.2) is 35.2 Å². The lowest BCUT2D eigenvalue weighted by molar-refractivity contribution is 0.0953. The van der Waals surface area contributed by atoms with Gasteiger partial charge in [0.25, 0.3) is 5.91 Å². The molecule has 5 nitrogen and oxygen atoms in total. The number of carbonyl (C=O) groups excluding carboxylic acids is 1. The van der Waals surface area contributed by atoms with Crippen molar-refractivity contribution < 1.29 is 13.9 Å². The predicted molar refractivity (Wildman–Crippen MR) is 113 cm³/mol. The first-order valence-electron chi connectivity index (χ1n) is 10.2. The smallest absolute Gasteiger partial charge is 0.251 e. The fraction of sp³-hybridized carbons (Fsp3) is 0.391. The summed E-state index contributed by atoms with van der Waals surface area (Å²) in [5, 5.41) is 2.89. The zero-order chi connectivity index (χ0) is 20.5. The Morgan fingerprint density at radius 2 is 1.90 bits per heavy atom. The average Bonchev–Trinajstić information content (AvgIpc) is 3.08. The van der Waals surface area contributed by atoms with Crippen LogP contribution in [0.1, 0.15) is 42.4 Å². The van der Waals surface area contributed by atoms with E-state index in [1.807, 2.05) is 25.1 Å². The molecule has 0 bridgehead atoms. The Kier molecular flexibility index (Phi) is 7.76. The second-order valence-electron chi connectivity index (χ2n) is 6.94. The normalized spacial score (nSPS) is 11.1. The number of benzene rings is 2. The van der Waals surface area contributed by atoms with Crippen LogP contribution in [0.4, 0.5) is 4.39 Å². The first kappa shape index (κ1) is 21.0. The number of hydrogen-bond donors (Lipinski definition) is 1. The second-order valence-corrected chi connectivity index (χ2v) is 6.94. The van der Waals surface area contributed by atoms with E-state index in [-0.39, 0.29) is 11.7 Å². The Labute approximate surface area is 170 Å². The van der Waals surface area contributed by atoms with Crippen molar-refractivity contribution in [2.45, 2.75) is 39.2 Å². The number of para-hydroxylation sites is 2. The topological polar surface area (TPSA) is 56.1 Å². The van der Waals surface area contributed by atoms with Crippen molar-refractivity contribution in [1.29, 1.82) is 0 Å².